The Balaban J connectivity index is 3.67. The summed E-state index contributed by atoms with van der Waals surface area (Å²) in [5, 5.41) is 0. The number of esters is 1. The molecule has 2 nitrogen and oxygen atoms in total. The second kappa shape index (κ2) is 5.71. The molecule has 0 aliphatic heterocycles. The van der Waals surface area contributed by atoms with Crippen LogP contribution in [-0.2, 0) is 9.53 Å². The van der Waals surface area contributed by atoms with Crippen LogP contribution in [0.15, 0.2) is 24.3 Å². The van der Waals surface area contributed by atoms with E-state index in [-0.39, 0.29) is 12.1 Å². The van der Waals surface area contributed by atoms with Crippen molar-refractivity contribution in [3.63, 3.8) is 0 Å². The van der Waals surface area contributed by atoms with E-state index in [1.54, 1.807) is 0 Å². The summed E-state index contributed by atoms with van der Waals surface area (Å²) in [4.78, 5) is 10.4. The highest BCUT2D eigenvalue weighted by Gasteiger charge is 1.97. The largest absolute Gasteiger partial charge is 0.459 e. The van der Waals surface area contributed by atoms with Crippen molar-refractivity contribution in [2.75, 3.05) is 0 Å². The van der Waals surface area contributed by atoms with Crippen molar-refractivity contribution >= 4 is 5.97 Å². The lowest BCUT2D eigenvalue weighted by molar-refractivity contribution is -0.143. The van der Waals surface area contributed by atoms with Crippen molar-refractivity contribution in [3.05, 3.63) is 24.3 Å². The van der Waals surface area contributed by atoms with Gasteiger partial charge in [-0.15, -0.1) is 0 Å². The zero-order valence-corrected chi connectivity index (χ0v) is 7.20. The molecule has 0 aliphatic rings. The Hall–Kier alpha value is -1.05. The lowest BCUT2D eigenvalue weighted by Gasteiger charge is -2.04. The van der Waals surface area contributed by atoms with Gasteiger partial charge < -0.3 is 4.74 Å². The monoisotopic (exact) mass is 154 g/mol. The van der Waals surface area contributed by atoms with Gasteiger partial charge in [-0.1, -0.05) is 18.2 Å². The van der Waals surface area contributed by atoms with Crippen LogP contribution in [0.2, 0.25) is 0 Å². The predicted octanol–water partition coefficient (Wildman–Crippen LogP) is 2.07. The zero-order valence-electron chi connectivity index (χ0n) is 7.20. The maximum Gasteiger partial charge on any atom is 0.303 e. The highest BCUT2D eigenvalue weighted by Crippen LogP contribution is 1.93. The number of carbonyl (C=O) groups excluding carboxylic acids is 1. The van der Waals surface area contributed by atoms with Gasteiger partial charge in [0, 0.05) is 6.92 Å². The number of hydrogen-bond donors (Lipinski definition) is 0. The van der Waals surface area contributed by atoms with Gasteiger partial charge in [-0.3, -0.25) is 4.79 Å². The number of allylic oxidation sites excluding steroid dienone is 3. The van der Waals surface area contributed by atoms with Gasteiger partial charge in [0.15, 0.2) is 0 Å². The van der Waals surface area contributed by atoms with Gasteiger partial charge in [-0.2, -0.15) is 0 Å². The minimum atomic E-state index is -0.248. The fraction of sp³-hybridized carbons (Fsp3) is 0.444. The molecule has 11 heavy (non-hydrogen) atoms. The number of carbonyl (C=O) groups is 1. The first-order valence-corrected chi connectivity index (χ1v) is 3.63. The molecular weight excluding hydrogens is 140 g/mol. The third-order valence-corrected chi connectivity index (χ3v) is 1.04. The molecule has 1 unspecified atom stereocenters. The van der Waals surface area contributed by atoms with Crippen molar-refractivity contribution in [2.24, 2.45) is 0 Å². The molecule has 0 aromatic carbocycles. The molecule has 0 aromatic heterocycles. The Kier molecular flexibility index (Phi) is 5.17. The lowest BCUT2D eigenvalue weighted by Crippen LogP contribution is -2.08. The van der Waals surface area contributed by atoms with E-state index in [0.717, 1.165) is 0 Å². The molecule has 0 fully saturated rings. The van der Waals surface area contributed by atoms with Gasteiger partial charge >= 0.3 is 5.97 Å². The van der Waals surface area contributed by atoms with Gasteiger partial charge in [-0.05, 0) is 19.9 Å². The third-order valence-electron chi connectivity index (χ3n) is 1.04. The molecule has 0 saturated carbocycles. The summed E-state index contributed by atoms with van der Waals surface area (Å²) >= 11 is 0. The number of hydrogen-bond acceptors (Lipinski definition) is 2. The van der Waals surface area contributed by atoms with Gasteiger partial charge in [0.1, 0.15) is 6.10 Å². The summed E-state index contributed by atoms with van der Waals surface area (Å²) in [7, 11) is 0. The number of ether oxygens (including phenoxy) is 1. The molecule has 1 atom stereocenters. The first kappa shape index (κ1) is 9.95. The van der Waals surface area contributed by atoms with Gasteiger partial charge in [-0.25, -0.2) is 0 Å². The van der Waals surface area contributed by atoms with E-state index in [0.29, 0.717) is 0 Å². The summed E-state index contributed by atoms with van der Waals surface area (Å²) in [6.45, 7) is 5.15. The lowest BCUT2D eigenvalue weighted by atomic mass is 10.3. The normalized spacial score (nSPS) is 14.1. The summed E-state index contributed by atoms with van der Waals surface area (Å²) < 4.78 is 4.84. The molecule has 62 valence electrons. The van der Waals surface area contributed by atoms with E-state index in [2.05, 4.69) is 0 Å². The zero-order chi connectivity index (χ0) is 8.69. The second-order valence-corrected chi connectivity index (χ2v) is 2.23. The summed E-state index contributed by atoms with van der Waals surface area (Å²) in [5.41, 5.74) is 0. The molecule has 0 amide bonds. The smallest absolute Gasteiger partial charge is 0.303 e. The van der Waals surface area contributed by atoms with Crippen LogP contribution in [0.4, 0.5) is 0 Å². The Bertz CT molecular complexity index is 168. The van der Waals surface area contributed by atoms with E-state index in [9.17, 15) is 4.79 Å². The van der Waals surface area contributed by atoms with Gasteiger partial charge in [0.05, 0.1) is 0 Å². The van der Waals surface area contributed by atoms with Gasteiger partial charge in [0.25, 0.3) is 0 Å². The van der Waals surface area contributed by atoms with E-state index in [1.807, 2.05) is 38.2 Å². The minimum absolute atomic E-state index is 0.135. The number of rotatable bonds is 3. The topological polar surface area (TPSA) is 26.3 Å². The summed E-state index contributed by atoms with van der Waals surface area (Å²) in [6, 6.07) is 0. The fourth-order valence-corrected chi connectivity index (χ4v) is 0.633. The average molecular weight is 154 g/mol. The van der Waals surface area contributed by atoms with Crippen LogP contribution in [0.25, 0.3) is 0 Å². The predicted molar refractivity (Wildman–Crippen MR) is 45.2 cm³/mol. The van der Waals surface area contributed by atoms with E-state index in [4.69, 9.17) is 4.74 Å². The molecule has 0 bridgehead atoms. The van der Waals surface area contributed by atoms with E-state index >= 15 is 0 Å². The van der Waals surface area contributed by atoms with Crippen molar-refractivity contribution in [1.82, 2.24) is 0 Å². The molecule has 0 spiro atoms. The molecule has 0 aromatic rings. The minimum Gasteiger partial charge on any atom is -0.459 e. The fourth-order valence-electron chi connectivity index (χ4n) is 0.633. The van der Waals surface area contributed by atoms with Crippen LogP contribution in [-0.4, -0.2) is 12.1 Å². The van der Waals surface area contributed by atoms with E-state index in [1.165, 1.54) is 6.92 Å². The SMILES string of the molecule is C/C=C\C=CC(C)OC(C)=O. The first-order chi connectivity index (χ1) is 5.16. The van der Waals surface area contributed by atoms with Crippen LogP contribution < -0.4 is 0 Å². The Morgan fingerprint density at radius 1 is 1.45 bits per heavy atom. The van der Waals surface area contributed by atoms with Crippen LogP contribution in [0, 0.1) is 0 Å². The first-order valence-electron chi connectivity index (χ1n) is 3.63. The second-order valence-electron chi connectivity index (χ2n) is 2.23. The van der Waals surface area contributed by atoms with Crippen molar-refractivity contribution in [1.29, 1.82) is 0 Å². The maximum absolute atomic E-state index is 10.4. The highest BCUT2D eigenvalue weighted by atomic mass is 16.5. The summed E-state index contributed by atoms with van der Waals surface area (Å²) in [5.74, 6) is -0.248. The molecule has 0 radical (unpaired) electrons. The molecule has 0 aliphatic carbocycles. The van der Waals surface area contributed by atoms with Crippen LogP contribution in [0.3, 0.4) is 0 Å². The van der Waals surface area contributed by atoms with E-state index < -0.39 is 0 Å². The molecule has 0 saturated heterocycles. The summed E-state index contributed by atoms with van der Waals surface area (Å²) in [6.07, 6.45) is 7.34. The Morgan fingerprint density at radius 3 is 2.55 bits per heavy atom. The molecule has 0 N–H and O–H groups in total. The van der Waals surface area contributed by atoms with Gasteiger partial charge in [0.2, 0.25) is 0 Å². The van der Waals surface area contributed by atoms with Crippen molar-refractivity contribution in [3.8, 4) is 0 Å². The maximum atomic E-state index is 10.4. The molecule has 0 heterocycles. The molecular formula is C9H14O2. The highest BCUT2D eigenvalue weighted by molar-refractivity contribution is 5.66. The standard InChI is InChI=1S/C9H14O2/c1-4-5-6-7-8(2)11-9(3)10/h4-8H,1-3H3/b5-4-,7-6?. The third kappa shape index (κ3) is 6.84. The average Bonchev–Trinajstić information content (AvgIpc) is 1.86. The van der Waals surface area contributed by atoms with Crippen LogP contribution in [0.5, 0.6) is 0 Å². The van der Waals surface area contributed by atoms with Crippen LogP contribution >= 0.6 is 0 Å². The molecule has 0 rings (SSSR count). The Labute approximate surface area is 67.6 Å². The Morgan fingerprint density at radius 2 is 2.09 bits per heavy atom. The van der Waals surface area contributed by atoms with Crippen molar-refractivity contribution in [2.45, 2.75) is 26.9 Å². The quantitative estimate of drug-likeness (QED) is 0.459. The van der Waals surface area contributed by atoms with Crippen LogP contribution in [0.1, 0.15) is 20.8 Å². The van der Waals surface area contributed by atoms with Crippen molar-refractivity contribution < 1.29 is 9.53 Å². The molecule has 2 heteroatoms.